The molecule has 3 nitrogen and oxygen atoms in total. The molecule has 1 amide bonds. The molecule has 0 aliphatic rings. The van der Waals surface area contributed by atoms with Crippen LogP contribution in [-0.4, -0.2) is 29.9 Å². The maximum Gasteiger partial charge on any atom is 0.224 e. The summed E-state index contributed by atoms with van der Waals surface area (Å²) >= 11 is 0. The lowest BCUT2D eigenvalue weighted by Crippen LogP contribution is -2.38. The van der Waals surface area contributed by atoms with Crippen molar-refractivity contribution in [2.75, 3.05) is 13.1 Å². The molecule has 0 fully saturated rings. The zero-order valence-corrected chi connectivity index (χ0v) is 14.7. The maximum atomic E-state index is 12.5. The minimum Gasteiger partial charge on any atom is -0.336 e. The number of nitrogens with zero attached hydrogens (tertiary/aromatic N) is 1. The van der Waals surface area contributed by atoms with Crippen molar-refractivity contribution >= 4 is 5.91 Å². The number of hydrogen-bond donors (Lipinski definition) is 1. The van der Waals surface area contributed by atoms with Crippen LogP contribution >= 0.6 is 0 Å². The van der Waals surface area contributed by atoms with Gasteiger partial charge in [0.1, 0.15) is 0 Å². The Bertz CT molecular complexity index is 596. The quantitative estimate of drug-likeness (QED) is 0.714. The standard InChI is InChI=1S/C21H28N2O/c1-18(2)23(17-20-11-7-4-8-12-20)21(24)14-16-22-15-13-19-9-5-3-6-10-19/h3-12,18,22H,13-17H2,1-2H3. The van der Waals surface area contributed by atoms with Gasteiger partial charge < -0.3 is 10.2 Å². The molecule has 0 aliphatic carbocycles. The first-order valence-corrected chi connectivity index (χ1v) is 8.75. The molecule has 0 saturated heterocycles. The number of amides is 1. The summed E-state index contributed by atoms with van der Waals surface area (Å²) in [6.07, 6.45) is 1.53. The molecule has 1 N–H and O–H groups in total. The maximum absolute atomic E-state index is 12.5. The molecule has 0 aromatic heterocycles. The van der Waals surface area contributed by atoms with Crippen molar-refractivity contribution < 1.29 is 4.79 Å². The molecule has 0 spiro atoms. The summed E-state index contributed by atoms with van der Waals surface area (Å²) in [4.78, 5) is 14.5. The summed E-state index contributed by atoms with van der Waals surface area (Å²) < 4.78 is 0. The first kappa shape index (κ1) is 18.2. The molecule has 2 aromatic rings. The molecule has 3 heteroatoms. The number of hydrogen-bond acceptors (Lipinski definition) is 2. The smallest absolute Gasteiger partial charge is 0.224 e. The molecule has 0 aliphatic heterocycles. The minimum atomic E-state index is 0.209. The predicted molar refractivity (Wildman–Crippen MR) is 99.8 cm³/mol. The van der Waals surface area contributed by atoms with E-state index in [0.717, 1.165) is 19.5 Å². The summed E-state index contributed by atoms with van der Waals surface area (Å²) in [5, 5.41) is 3.37. The molecular formula is C21H28N2O. The molecule has 128 valence electrons. The normalized spacial score (nSPS) is 10.8. The summed E-state index contributed by atoms with van der Waals surface area (Å²) in [6, 6.07) is 20.8. The fourth-order valence-corrected chi connectivity index (χ4v) is 2.68. The van der Waals surface area contributed by atoms with Crippen molar-refractivity contribution in [1.29, 1.82) is 0 Å². The number of carbonyl (C=O) groups excluding carboxylic acids is 1. The number of nitrogens with one attached hydrogen (secondary N) is 1. The van der Waals surface area contributed by atoms with Crippen molar-refractivity contribution in [2.45, 2.75) is 39.3 Å². The Morgan fingerprint density at radius 1 is 0.917 bits per heavy atom. The van der Waals surface area contributed by atoms with Gasteiger partial charge >= 0.3 is 0 Å². The van der Waals surface area contributed by atoms with Crippen LogP contribution in [0.15, 0.2) is 60.7 Å². The van der Waals surface area contributed by atoms with Gasteiger partial charge in [-0.15, -0.1) is 0 Å². The fourth-order valence-electron chi connectivity index (χ4n) is 2.68. The van der Waals surface area contributed by atoms with Crippen LogP contribution in [0.5, 0.6) is 0 Å². The van der Waals surface area contributed by atoms with Gasteiger partial charge in [-0.2, -0.15) is 0 Å². The first-order chi connectivity index (χ1) is 11.7. The number of benzene rings is 2. The molecule has 2 rings (SSSR count). The summed E-state index contributed by atoms with van der Waals surface area (Å²) in [7, 11) is 0. The van der Waals surface area contributed by atoms with Gasteiger partial charge in [-0.3, -0.25) is 4.79 Å². The van der Waals surface area contributed by atoms with E-state index in [1.165, 1.54) is 11.1 Å². The Labute approximate surface area is 145 Å². The van der Waals surface area contributed by atoms with Crippen LogP contribution < -0.4 is 5.32 Å². The highest BCUT2D eigenvalue weighted by Gasteiger charge is 2.16. The van der Waals surface area contributed by atoms with Crippen LogP contribution in [-0.2, 0) is 17.8 Å². The Hall–Kier alpha value is -2.13. The summed E-state index contributed by atoms with van der Waals surface area (Å²) in [5.41, 5.74) is 2.50. The van der Waals surface area contributed by atoms with Gasteiger partial charge in [0.2, 0.25) is 5.91 Å². The molecule has 0 bridgehead atoms. The van der Waals surface area contributed by atoms with Crippen molar-refractivity contribution in [1.82, 2.24) is 10.2 Å². The Balaban J connectivity index is 1.72. The molecule has 0 heterocycles. The van der Waals surface area contributed by atoms with Gasteiger partial charge in [0.25, 0.3) is 0 Å². The minimum absolute atomic E-state index is 0.209. The molecule has 0 radical (unpaired) electrons. The predicted octanol–water partition coefficient (Wildman–Crippen LogP) is 3.65. The SMILES string of the molecule is CC(C)N(Cc1ccccc1)C(=O)CCNCCc1ccccc1. The van der Waals surface area contributed by atoms with E-state index in [4.69, 9.17) is 0 Å². The van der Waals surface area contributed by atoms with Gasteiger partial charge in [0.05, 0.1) is 0 Å². The largest absolute Gasteiger partial charge is 0.336 e. The second-order valence-electron chi connectivity index (χ2n) is 6.34. The van der Waals surface area contributed by atoms with Gasteiger partial charge in [-0.1, -0.05) is 60.7 Å². The van der Waals surface area contributed by atoms with Crippen LogP contribution in [0.2, 0.25) is 0 Å². The average Bonchev–Trinajstić information content (AvgIpc) is 2.60. The van der Waals surface area contributed by atoms with E-state index in [9.17, 15) is 4.79 Å². The average molecular weight is 324 g/mol. The van der Waals surface area contributed by atoms with Crippen LogP contribution in [0.1, 0.15) is 31.4 Å². The lowest BCUT2D eigenvalue weighted by atomic mass is 10.1. The zero-order valence-electron chi connectivity index (χ0n) is 14.7. The van der Waals surface area contributed by atoms with E-state index < -0.39 is 0 Å². The van der Waals surface area contributed by atoms with E-state index in [2.05, 4.69) is 55.6 Å². The van der Waals surface area contributed by atoms with E-state index in [0.29, 0.717) is 13.0 Å². The van der Waals surface area contributed by atoms with E-state index in [-0.39, 0.29) is 11.9 Å². The number of rotatable bonds is 9. The van der Waals surface area contributed by atoms with E-state index in [1.54, 1.807) is 0 Å². The summed E-state index contributed by atoms with van der Waals surface area (Å²) in [5.74, 6) is 0.209. The highest BCUT2D eigenvalue weighted by molar-refractivity contribution is 5.76. The lowest BCUT2D eigenvalue weighted by molar-refractivity contribution is -0.133. The van der Waals surface area contributed by atoms with Crippen molar-refractivity contribution in [3.8, 4) is 0 Å². The molecule has 0 saturated carbocycles. The van der Waals surface area contributed by atoms with Crippen LogP contribution in [0.3, 0.4) is 0 Å². The van der Waals surface area contributed by atoms with E-state index >= 15 is 0 Å². The third-order valence-electron chi connectivity index (χ3n) is 4.09. The number of carbonyl (C=O) groups is 1. The van der Waals surface area contributed by atoms with Crippen molar-refractivity contribution in [3.05, 3.63) is 71.8 Å². The molecule has 0 atom stereocenters. The molecule has 0 unspecified atom stereocenters. The van der Waals surface area contributed by atoms with Gasteiger partial charge in [-0.25, -0.2) is 0 Å². The Kier molecular flexibility index (Phi) is 7.50. The topological polar surface area (TPSA) is 32.3 Å². The van der Waals surface area contributed by atoms with Crippen LogP contribution in [0, 0.1) is 0 Å². The second-order valence-corrected chi connectivity index (χ2v) is 6.34. The van der Waals surface area contributed by atoms with Gasteiger partial charge in [-0.05, 0) is 37.9 Å². The van der Waals surface area contributed by atoms with E-state index in [1.807, 2.05) is 29.2 Å². The highest BCUT2D eigenvalue weighted by Crippen LogP contribution is 2.09. The molecular weight excluding hydrogens is 296 g/mol. The van der Waals surface area contributed by atoms with Crippen molar-refractivity contribution in [2.24, 2.45) is 0 Å². The van der Waals surface area contributed by atoms with Crippen molar-refractivity contribution in [3.63, 3.8) is 0 Å². The summed E-state index contributed by atoms with van der Waals surface area (Å²) in [6.45, 7) is 6.45. The lowest BCUT2D eigenvalue weighted by Gasteiger charge is -2.27. The second kappa shape index (κ2) is 9.89. The van der Waals surface area contributed by atoms with Gasteiger partial charge in [0.15, 0.2) is 0 Å². The Morgan fingerprint density at radius 2 is 1.50 bits per heavy atom. The third kappa shape index (κ3) is 6.17. The zero-order chi connectivity index (χ0) is 17.2. The molecule has 2 aromatic carbocycles. The van der Waals surface area contributed by atoms with Crippen LogP contribution in [0.4, 0.5) is 0 Å². The molecule has 24 heavy (non-hydrogen) atoms. The first-order valence-electron chi connectivity index (χ1n) is 8.75. The fraction of sp³-hybridized carbons (Fsp3) is 0.381. The Morgan fingerprint density at radius 3 is 2.08 bits per heavy atom. The third-order valence-corrected chi connectivity index (χ3v) is 4.09. The van der Waals surface area contributed by atoms with Gasteiger partial charge in [0, 0.05) is 25.6 Å². The highest BCUT2D eigenvalue weighted by atomic mass is 16.2. The monoisotopic (exact) mass is 324 g/mol. The van der Waals surface area contributed by atoms with Crippen LogP contribution in [0.25, 0.3) is 0 Å².